The topological polar surface area (TPSA) is 40.9 Å². The second kappa shape index (κ2) is 5.14. The van der Waals surface area contributed by atoms with Crippen LogP contribution in [0.5, 0.6) is 0 Å². The van der Waals surface area contributed by atoms with Crippen molar-refractivity contribution in [3.63, 3.8) is 0 Å². The fraction of sp³-hybridized carbons (Fsp3) is 0.833. The van der Waals surface area contributed by atoms with E-state index in [0.717, 1.165) is 12.8 Å². The number of nitriles is 1. The van der Waals surface area contributed by atoms with Gasteiger partial charge in [0.15, 0.2) is 0 Å². The molecule has 0 heterocycles. The summed E-state index contributed by atoms with van der Waals surface area (Å²) >= 11 is 0. The van der Waals surface area contributed by atoms with E-state index in [0.29, 0.717) is 18.1 Å². The molecule has 0 spiro atoms. The molecule has 0 aromatic rings. The highest BCUT2D eigenvalue weighted by atomic mass is 16.1. The van der Waals surface area contributed by atoms with Crippen LogP contribution in [0, 0.1) is 29.1 Å². The Kier molecular flexibility index (Phi) is 4.13. The molecule has 0 bridgehead atoms. The highest BCUT2D eigenvalue weighted by Crippen LogP contribution is 2.30. The molecule has 3 atom stereocenters. The highest BCUT2D eigenvalue weighted by Gasteiger charge is 2.25. The second-order valence-electron chi connectivity index (χ2n) is 4.67. The number of rotatable bonds is 3. The first-order chi connectivity index (χ1) is 6.63. The van der Waals surface area contributed by atoms with Gasteiger partial charge in [-0.2, -0.15) is 5.26 Å². The molecule has 0 aromatic heterocycles. The van der Waals surface area contributed by atoms with E-state index in [4.69, 9.17) is 5.26 Å². The lowest BCUT2D eigenvalue weighted by Gasteiger charge is -2.25. The molecule has 1 aliphatic carbocycles. The summed E-state index contributed by atoms with van der Waals surface area (Å²) in [7, 11) is 0. The van der Waals surface area contributed by atoms with Crippen LogP contribution in [0.4, 0.5) is 0 Å². The standard InChI is InChI=1S/C12H19NO/c1-9-4-3-5-11(6-9)12(14)7-10(2)8-13/h9-11H,3-7H2,1-2H3. The lowest BCUT2D eigenvalue weighted by molar-refractivity contribution is -0.124. The van der Waals surface area contributed by atoms with Crippen LogP contribution in [0.15, 0.2) is 0 Å². The van der Waals surface area contributed by atoms with Crippen LogP contribution >= 0.6 is 0 Å². The minimum absolute atomic E-state index is 0.111. The predicted molar refractivity (Wildman–Crippen MR) is 55.5 cm³/mol. The smallest absolute Gasteiger partial charge is 0.137 e. The Bertz CT molecular complexity index is 241. The van der Waals surface area contributed by atoms with E-state index in [1.807, 2.05) is 6.92 Å². The third-order valence-electron chi connectivity index (χ3n) is 3.12. The average molecular weight is 193 g/mol. The van der Waals surface area contributed by atoms with Crippen LogP contribution in [-0.2, 0) is 4.79 Å². The first-order valence-corrected chi connectivity index (χ1v) is 5.55. The SMILES string of the molecule is CC(C#N)CC(=O)C1CCCC(C)C1. The van der Waals surface area contributed by atoms with Crippen molar-refractivity contribution in [3.8, 4) is 6.07 Å². The van der Waals surface area contributed by atoms with Crippen LogP contribution in [-0.4, -0.2) is 5.78 Å². The van der Waals surface area contributed by atoms with Crippen molar-refractivity contribution >= 4 is 5.78 Å². The van der Waals surface area contributed by atoms with Gasteiger partial charge in [0.2, 0.25) is 0 Å². The molecular formula is C12H19NO. The Morgan fingerprint density at radius 1 is 1.57 bits per heavy atom. The number of carbonyl (C=O) groups is 1. The summed E-state index contributed by atoms with van der Waals surface area (Å²) in [5.74, 6) is 1.13. The van der Waals surface area contributed by atoms with Gasteiger partial charge in [-0.05, 0) is 25.7 Å². The van der Waals surface area contributed by atoms with Gasteiger partial charge in [0.05, 0.1) is 12.0 Å². The van der Waals surface area contributed by atoms with E-state index in [1.165, 1.54) is 12.8 Å². The summed E-state index contributed by atoms with van der Waals surface area (Å²) in [5.41, 5.74) is 0. The molecule has 0 radical (unpaired) electrons. The molecule has 14 heavy (non-hydrogen) atoms. The Balaban J connectivity index is 2.40. The number of ketones is 1. The maximum Gasteiger partial charge on any atom is 0.137 e. The van der Waals surface area contributed by atoms with Crippen molar-refractivity contribution in [1.82, 2.24) is 0 Å². The number of carbonyl (C=O) groups excluding carboxylic acids is 1. The first-order valence-electron chi connectivity index (χ1n) is 5.55. The summed E-state index contributed by atoms with van der Waals surface area (Å²) in [4.78, 5) is 11.8. The van der Waals surface area contributed by atoms with Crippen LogP contribution in [0.25, 0.3) is 0 Å². The monoisotopic (exact) mass is 193 g/mol. The van der Waals surface area contributed by atoms with Crippen LogP contribution in [0.2, 0.25) is 0 Å². The third kappa shape index (κ3) is 3.14. The van der Waals surface area contributed by atoms with Crippen molar-refractivity contribution < 1.29 is 4.79 Å². The first kappa shape index (κ1) is 11.2. The molecule has 1 fully saturated rings. The Labute approximate surface area is 86.3 Å². The van der Waals surface area contributed by atoms with Crippen molar-refractivity contribution in [3.05, 3.63) is 0 Å². The molecule has 2 nitrogen and oxygen atoms in total. The van der Waals surface area contributed by atoms with Gasteiger partial charge < -0.3 is 0 Å². The van der Waals surface area contributed by atoms with Gasteiger partial charge in [-0.25, -0.2) is 0 Å². The number of hydrogen-bond acceptors (Lipinski definition) is 2. The zero-order valence-electron chi connectivity index (χ0n) is 9.12. The Morgan fingerprint density at radius 2 is 2.29 bits per heavy atom. The van der Waals surface area contributed by atoms with Gasteiger partial charge in [-0.15, -0.1) is 0 Å². The molecule has 0 saturated heterocycles. The lowest BCUT2D eigenvalue weighted by Crippen LogP contribution is -2.22. The minimum Gasteiger partial charge on any atom is -0.299 e. The number of Topliss-reactive ketones (excluding diaryl/α,β-unsaturated/α-hetero) is 1. The zero-order valence-corrected chi connectivity index (χ0v) is 9.12. The molecule has 78 valence electrons. The van der Waals surface area contributed by atoms with Crippen LogP contribution < -0.4 is 0 Å². The predicted octanol–water partition coefficient (Wildman–Crippen LogP) is 2.93. The normalized spacial score (nSPS) is 29.2. The molecule has 0 N–H and O–H groups in total. The van der Waals surface area contributed by atoms with E-state index >= 15 is 0 Å². The van der Waals surface area contributed by atoms with E-state index in [-0.39, 0.29) is 11.8 Å². The van der Waals surface area contributed by atoms with Crippen molar-refractivity contribution in [2.45, 2.75) is 46.0 Å². The molecule has 0 aliphatic heterocycles. The van der Waals surface area contributed by atoms with E-state index in [9.17, 15) is 4.79 Å². The molecule has 1 rings (SSSR count). The van der Waals surface area contributed by atoms with Gasteiger partial charge in [-0.3, -0.25) is 4.79 Å². The van der Waals surface area contributed by atoms with Gasteiger partial charge in [0, 0.05) is 12.3 Å². The largest absolute Gasteiger partial charge is 0.299 e. The molecule has 2 heteroatoms. The summed E-state index contributed by atoms with van der Waals surface area (Å²) in [5, 5.41) is 8.63. The van der Waals surface area contributed by atoms with E-state index in [2.05, 4.69) is 13.0 Å². The van der Waals surface area contributed by atoms with Crippen molar-refractivity contribution in [2.24, 2.45) is 17.8 Å². The van der Waals surface area contributed by atoms with Crippen molar-refractivity contribution in [1.29, 1.82) is 5.26 Å². The summed E-state index contributed by atoms with van der Waals surface area (Å²) < 4.78 is 0. The summed E-state index contributed by atoms with van der Waals surface area (Å²) in [6.07, 6.45) is 4.97. The van der Waals surface area contributed by atoms with E-state index in [1.54, 1.807) is 0 Å². The number of nitrogens with zero attached hydrogens (tertiary/aromatic N) is 1. The van der Waals surface area contributed by atoms with Gasteiger partial charge >= 0.3 is 0 Å². The average Bonchev–Trinajstić information content (AvgIpc) is 2.17. The highest BCUT2D eigenvalue weighted by molar-refractivity contribution is 5.81. The van der Waals surface area contributed by atoms with Gasteiger partial charge in [0.1, 0.15) is 5.78 Å². The second-order valence-corrected chi connectivity index (χ2v) is 4.67. The fourth-order valence-corrected chi connectivity index (χ4v) is 2.24. The minimum atomic E-state index is -0.111. The van der Waals surface area contributed by atoms with Crippen LogP contribution in [0.1, 0.15) is 46.0 Å². The zero-order chi connectivity index (χ0) is 10.6. The van der Waals surface area contributed by atoms with Gasteiger partial charge in [-0.1, -0.05) is 19.8 Å². The maximum absolute atomic E-state index is 11.8. The summed E-state index contributed by atoms with van der Waals surface area (Å²) in [6.45, 7) is 4.04. The van der Waals surface area contributed by atoms with Crippen molar-refractivity contribution in [2.75, 3.05) is 0 Å². The van der Waals surface area contributed by atoms with Crippen LogP contribution in [0.3, 0.4) is 0 Å². The number of hydrogen-bond donors (Lipinski definition) is 0. The molecule has 0 aromatic carbocycles. The fourth-order valence-electron chi connectivity index (χ4n) is 2.24. The molecule has 0 amide bonds. The third-order valence-corrected chi connectivity index (χ3v) is 3.12. The molecule has 1 aliphatic rings. The molecule has 1 saturated carbocycles. The Hall–Kier alpha value is -0.840. The van der Waals surface area contributed by atoms with E-state index < -0.39 is 0 Å². The molecule has 3 unspecified atom stereocenters. The molecular weight excluding hydrogens is 174 g/mol. The maximum atomic E-state index is 11.8. The quantitative estimate of drug-likeness (QED) is 0.691. The van der Waals surface area contributed by atoms with Gasteiger partial charge in [0.25, 0.3) is 0 Å². The Morgan fingerprint density at radius 3 is 2.86 bits per heavy atom. The lowest BCUT2D eigenvalue weighted by atomic mass is 9.78. The summed E-state index contributed by atoms with van der Waals surface area (Å²) in [6, 6.07) is 2.13.